The Morgan fingerprint density at radius 2 is 1.94 bits per heavy atom. The first-order valence-electron chi connectivity index (χ1n) is 6.48. The minimum absolute atomic E-state index is 0.367. The van der Waals surface area contributed by atoms with Crippen molar-refractivity contribution < 1.29 is 4.79 Å². The van der Waals surface area contributed by atoms with E-state index in [1.54, 1.807) is 6.07 Å². The lowest BCUT2D eigenvalue weighted by atomic mass is 9.94. The molecule has 0 spiro atoms. The second kappa shape index (κ2) is 6.21. The predicted octanol–water partition coefficient (Wildman–Crippen LogP) is 2.79. The molecule has 4 heteroatoms. The van der Waals surface area contributed by atoms with Gasteiger partial charge in [0.2, 0.25) is 5.91 Å². The molecule has 3 nitrogen and oxygen atoms in total. The lowest BCUT2D eigenvalue weighted by Crippen LogP contribution is -2.41. The number of amides is 1. The molecule has 1 aromatic rings. The first kappa shape index (κ1) is 13.4. The van der Waals surface area contributed by atoms with Crippen LogP contribution >= 0.6 is 11.6 Å². The van der Waals surface area contributed by atoms with Gasteiger partial charge in [-0.15, -0.1) is 0 Å². The largest absolute Gasteiger partial charge is 0.368 e. The van der Waals surface area contributed by atoms with Crippen molar-refractivity contribution in [2.75, 3.05) is 0 Å². The van der Waals surface area contributed by atoms with Crippen molar-refractivity contribution in [1.29, 1.82) is 0 Å². The van der Waals surface area contributed by atoms with E-state index in [0.717, 1.165) is 18.4 Å². The minimum Gasteiger partial charge on any atom is -0.368 e. The molecule has 1 aliphatic carbocycles. The molecule has 3 N–H and O–H groups in total. The Morgan fingerprint density at radius 3 is 2.56 bits per heavy atom. The van der Waals surface area contributed by atoms with Crippen molar-refractivity contribution in [3.8, 4) is 0 Å². The van der Waals surface area contributed by atoms with Crippen LogP contribution in [0.25, 0.3) is 0 Å². The van der Waals surface area contributed by atoms with Gasteiger partial charge < -0.3 is 5.73 Å². The minimum atomic E-state index is -0.484. The van der Waals surface area contributed by atoms with E-state index in [4.69, 9.17) is 17.3 Å². The van der Waals surface area contributed by atoms with Crippen LogP contribution in [-0.2, 0) is 4.79 Å². The van der Waals surface area contributed by atoms with Crippen LogP contribution in [0.5, 0.6) is 0 Å². The van der Waals surface area contributed by atoms with Gasteiger partial charge in [0.25, 0.3) is 0 Å². The number of primary amides is 1. The molecule has 1 atom stereocenters. The van der Waals surface area contributed by atoms with Gasteiger partial charge in [0.15, 0.2) is 0 Å². The standard InChI is InChI=1S/C14H19ClN2O/c15-12-9-5-4-8-11(12)13(14(16)18)17-10-6-2-1-3-7-10/h4-5,8-10,13,17H,1-3,6-7H2,(H2,16,18). The van der Waals surface area contributed by atoms with Crippen molar-refractivity contribution in [1.82, 2.24) is 5.32 Å². The molecule has 1 aromatic carbocycles. The third kappa shape index (κ3) is 3.24. The molecule has 1 aliphatic rings. The van der Waals surface area contributed by atoms with E-state index < -0.39 is 6.04 Å². The van der Waals surface area contributed by atoms with E-state index in [-0.39, 0.29) is 5.91 Å². The Hall–Kier alpha value is -1.06. The lowest BCUT2D eigenvalue weighted by Gasteiger charge is -2.27. The highest BCUT2D eigenvalue weighted by Gasteiger charge is 2.24. The quantitative estimate of drug-likeness (QED) is 0.880. The highest BCUT2D eigenvalue weighted by molar-refractivity contribution is 6.31. The average Bonchev–Trinajstić information content (AvgIpc) is 2.38. The molecule has 18 heavy (non-hydrogen) atoms. The van der Waals surface area contributed by atoms with E-state index in [2.05, 4.69) is 5.32 Å². The van der Waals surface area contributed by atoms with Crippen molar-refractivity contribution in [2.45, 2.75) is 44.2 Å². The molecule has 0 saturated heterocycles. The summed E-state index contributed by atoms with van der Waals surface area (Å²) >= 11 is 6.13. The number of carbonyl (C=O) groups is 1. The number of nitrogens with two attached hydrogens (primary N) is 1. The number of rotatable bonds is 4. The van der Waals surface area contributed by atoms with Crippen molar-refractivity contribution in [2.24, 2.45) is 5.73 Å². The molecule has 1 amide bonds. The Balaban J connectivity index is 2.13. The Bertz CT molecular complexity index is 416. The number of hydrogen-bond donors (Lipinski definition) is 2. The van der Waals surface area contributed by atoms with E-state index in [0.29, 0.717) is 11.1 Å². The van der Waals surface area contributed by atoms with Crippen LogP contribution in [0.3, 0.4) is 0 Å². The summed E-state index contributed by atoms with van der Waals surface area (Å²) in [5.74, 6) is -0.367. The first-order chi connectivity index (χ1) is 8.68. The van der Waals surface area contributed by atoms with Gasteiger partial charge in [0.05, 0.1) is 0 Å². The van der Waals surface area contributed by atoms with Crippen LogP contribution in [-0.4, -0.2) is 11.9 Å². The highest BCUT2D eigenvalue weighted by atomic mass is 35.5. The second-order valence-electron chi connectivity index (χ2n) is 4.86. The molecule has 1 unspecified atom stereocenters. The summed E-state index contributed by atoms with van der Waals surface area (Å²) in [6.45, 7) is 0. The number of benzene rings is 1. The van der Waals surface area contributed by atoms with E-state index in [1.165, 1.54) is 19.3 Å². The summed E-state index contributed by atoms with van der Waals surface area (Å²) in [6.07, 6.45) is 5.92. The fourth-order valence-electron chi connectivity index (χ4n) is 2.54. The van der Waals surface area contributed by atoms with Gasteiger partial charge >= 0.3 is 0 Å². The maximum Gasteiger partial charge on any atom is 0.239 e. The predicted molar refractivity (Wildman–Crippen MR) is 73.4 cm³/mol. The lowest BCUT2D eigenvalue weighted by molar-refractivity contribution is -0.120. The number of halogens is 1. The van der Waals surface area contributed by atoms with Gasteiger partial charge in [-0.05, 0) is 24.5 Å². The SMILES string of the molecule is NC(=O)C(NC1CCCCC1)c1ccccc1Cl. The molecular formula is C14H19ClN2O. The summed E-state index contributed by atoms with van der Waals surface area (Å²) in [7, 11) is 0. The molecule has 0 aromatic heterocycles. The fraction of sp³-hybridized carbons (Fsp3) is 0.500. The maximum absolute atomic E-state index is 11.6. The Kier molecular flexibility index (Phi) is 4.61. The number of hydrogen-bond acceptors (Lipinski definition) is 2. The average molecular weight is 267 g/mol. The van der Waals surface area contributed by atoms with Gasteiger partial charge in [-0.25, -0.2) is 0 Å². The van der Waals surface area contributed by atoms with Crippen LogP contribution < -0.4 is 11.1 Å². The molecule has 98 valence electrons. The molecule has 0 heterocycles. The number of carbonyl (C=O) groups excluding carboxylic acids is 1. The molecule has 2 rings (SSSR count). The number of nitrogens with one attached hydrogen (secondary N) is 1. The maximum atomic E-state index is 11.6. The van der Waals surface area contributed by atoms with Gasteiger partial charge in [0, 0.05) is 11.1 Å². The van der Waals surface area contributed by atoms with Crippen LogP contribution in [0.2, 0.25) is 5.02 Å². The Labute approximate surface area is 113 Å². The van der Waals surface area contributed by atoms with Gasteiger partial charge in [-0.1, -0.05) is 49.1 Å². The molecule has 0 aliphatic heterocycles. The third-order valence-electron chi connectivity index (χ3n) is 3.51. The summed E-state index contributed by atoms with van der Waals surface area (Å²) in [5, 5.41) is 3.94. The molecular weight excluding hydrogens is 248 g/mol. The summed E-state index contributed by atoms with van der Waals surface area (Å²) in [6, 6.07) is 7.25. The van der Waals surface area contributed by atoms with Crippen LogP contribution in [0.4, 0.5) is 0 Å². The normalized spacial score (nSPS) is 18.5. The third-order valence-corrected chi connectivity index (χ3v) is 3.85. The van der Waals surface area contributed by atoms with Crippen molar-refractivity contribution in [3.63, 3.8) is 0 Å². The molecule has 1 fully saturated rings. The van der Waals surface area contributed by atoms with Gasteiger partial charge in [-0.3, -0.25) is 10.1 Å². The van der Waals surface area contributed by atoms with Crippen LogP contribution in [0.15, 0.2) is 24.3 Å². The highest BCUT2D eigenvalue weighted by Crippen LogP contribution is 2.25. The van der Waals surface area contributed by atoms with Gasteiger partial charge in [-0.2, -0.15) is 0 Å². The fourth-order valence-corrected chi connectivity index (χ4v) is 2.78. The zero-order chi connectivity index (χ0) is 13.0. The van der Waals surface area contributed by atoms with Gasteiger partial charge in [0.1, 0.15) is 6.04 Å². The molecule has 0 bridgehead atoms. The van der Waals surface area contributed by atoms with Crippen LogP contribution in [0.1, 0.15) is 43.7 Å². The second-order valence-corrected chi connectivity index (χ2v) is 5.27. The van der Waals surface area contributed by atoms with E-state index in [9.17, 15) is 4.79 Å². The van der Waals surface area contributed by atoms with Crippen molar-refractivity contribution >= 4 is 17.5 Å². The smallest absolute Gasteiger partial charge is 0.239 e. The van der Waals surface area contributed by atoms with E-state index in [1.807, 2.05) is 18.2 Å². The molecule has 1 saturated carbocycles. The van der Waals surface area contributed by atoms with E-state index >= 15 is 0 Å². The first-order valence-corrected chi connectivity index (χ1v) is 6.86. The summed E-state index contributed by atoms with van der Waals surface area (Å²) in [5.41, 5.74) is 6.27. The zero-order valence-corrected chi connectivity index (χ0v) is 11.1. The zero-order valence-electron chi connectivity index (χ0n) is 10.4. The summed E-state index contributed by atoms with van der Waals surface area (Å²) in [4.78, 5) is 11.6. The van der Waals surface area contributed by atoms with Crippen molar-refractivity contribution in [3.05, 3.63) is 34.9 Å². The topological polar surface area (TPSA) is 55.1 Å². The Morgan fingerprint density at radius 1 is 1.28 bits per heavy atom. The molecule has 0 radical (unpaired) electrons. The summed E-state index contributed by atoms with van der Waals surface area (Å²) < 4.78 is 0. The van der Waals surface area contributed by atoms with Crippen LogP contribution in [0, 0.1) is 0 Å². The monoisotopic (exact) mass is 266 g/mol.